The van der Waals surface area contributed by atoms with Crippen LogP contribution in [0.5, 0.6) is 0 Å². The predicted octanol–water partition coefficient (Wildman–Crippen LogP) is 5.21. The van der Waals surface area contributed by atoms with Crippen molar-refractivity contribution in [3.63, 3.8) is 0 Å². The number of nitrogens with zero attached hydrogens (tertiary/aromatic N) is 5. The van der Waals surface area contributed by atoms with Gasteiger partial charge in [-0.05, 0) is 51.4 Å². The van der Waals surface area contributed by atoms with Gasteiger partial charge in [0, 0.05) is 73.5 Å². The minimum Gasteiger partial charge on any atom is -0.369 e. The van der Waals surface area contributed by atoms with Crippen molar-refractivity contribution < 1.29 is 4.79 Å². The van der Waals surface area contributed by atoms with Gasteiger partial charge >= 0.3 is 0 Å². The van der Waals surface area contributed by atoms with E-state index in [0.29, 0.717) is 5.95 Å². The van der Waals surface area contributed by atoms with E-state index in [0.717, 1.165) is 69.9 Å². The van der Waals surface area contributed by atoms with E-state index in [9.17, 15) is 4.79 Å². The summed E-state index contributed by atoms with van der Waals surface area (Å²) in [5.74, 6) is 0.360. The average molecular weight is 511 g/mol. The number of rotatable bonds is 9. The third kappa shape index (κ3) is 5.05. The maximum absolute atomic E-state index is 12.1. The van der Waals surface area contributed by atoms with Gasteiger partial charge in [0.2, 0.25) is 11.9 Å². The van der Waals surface area contributed by atoms with Crippen LogP contribution in [0.4, 0.5) is 23.0 Å². The van der Waals surface area contributed by atoms with Crippen molar-refractivity contribution in [2.45, 2.75) is 13.8 Å². The second kappa shape index (κ2) is 10.5. The van der Waals surface area contributed by atoms with Crippen molar-refractivity contribution in [2.24, 2.45) is 7.05 Å². The number of benzene rings is 2. The smallest absolute Gasteiger partial charge is 0.229 e. The molecule has 0 fully saturated rings. The lowest BCUT2D eigenvalue weighted by molar-refractivity contribution is -0.114. The van der Waals surface area contributed by atoms with Crippen LogP contribution in [0.1, 0.15) is 13.8 Å². The largest absolute Gasteiger partial charge is 0.369 e. The molecule has 3 aromatic heterocycles. The number of carbonyl (C=O) groups is 1. The third-order valence-corrected chi connectivity index (χ3v) is 6.67. The topological polar surface area (TPSA) is 94.1 Å². The van der Waals surface area contributed by atoms with Crippen LogP contribution in [-0.4, -0.2) is 64.1 Å². The van der Waals surface area contributed by atoms with Crippen molar-refractivity contribution in [3.05, 3.63) is 60.9 Å². The number of hydrogen-bond acceptors (Lipinski definition) is 6. The van der Waals surface area contributed by atoms with Crippen LogP contribution in [0.2, 0.25) is 0 Å². The minimum absolute atomic E-state index is 0.116. The maximum Gasteiger partial charge on any atom is 0.229 e. The van der Waals surface area contributed by atoms with Crippen LogP contribution in [0.3, 0.4) is 0 Å². The van der Waals surface area contributed by atoms with Gasteiger partial charge in [-0.2, -0.15) is 4.98 Å². The molecule has 0 aliphatic carbocycles. The standard InChI is InChI=1S/C29H34N8O/c1-6-37(16-15-35(3)4)26-12-11-20(17-24(26)31-19(2)38)32-29-33-27(22-13-14-30-28(22)34-29)23-18-36(5)25-10-8-7-9-21(23)25/h7-14,17-18H,6,15-16H2,1-5H3,(H,31,38)(H2,30,32,33,34). The van der Waals surface area contributed by atoms with Gasteiger partial charge < -0.3 is 30.0 Å². The van der Waals surface area contributed by atoms with Gasteiger partial charge in [0.05, 0.1) is 17.1 Å². The molecule has 0 aliphatic rings. The van der Waals surface area contributed by atoms with Crippen molar-refractivity contribution in [2.75, 3.05) is 49.3 Å². The van der Waals surface area contributed by atoms with Crippen molar-refractivity contribution in [3.8, 4) is 11.3 Å². The van der Waals surface area contributed by atoms with E-state index in [1.807, 2.05) is 49.6 Å². The number of likely N-dealkylation sites (N-methyl/N-ethyl adjacent to an activating group) is 2. The minimum atomic E-state index is -0.116. The van der Waals surface area contributed by atoms with Crippen LogP contribution in [0.15, 0.2) is 60.9 Å². The van der Waals surface area contributed by atoms with Gasteiger partial charge in [0.15, 0.2) is 0 Å². The molecule has 38 heavy (non-hydrogen) atoms. The molecule has 0 atom stereocenters. The van der Waals surface area contributed by atoms with E-state index in [1.54, 1.807) is 0 Å². The van der Waals surface area contributed by atoms with Crippen LogP contribution >= 0.6 is 0 Å². The molecule has 0 unspecified atom stereocenters. The molecule has 9 nitrogen and oxygen atoms in total. The lowest BCUT2D eigenvalue weighted by Crippen LogP contribution is -2.32. The Labute approximate surface area is 222 Å². The Morgan fingerprint density at radius 3 is 2.63 bits per heavy atom. The SMILES string of the molecule is CCN(CCN(C)C)c1ccc(Nc2nc(-c3cn(C)c4ccccc34)c3cc[nH]c3n2)cc1NC(C)=O. The second-order valence-electron chi connectivity index (χ2n) is 9.73. The lowest BCUT2D eigenvalue weighted by Gasteiger charge is -2.27. The van der Waals surface area contributed by atoms with E-state index in [2.05, 4.69) is 69.3 Å². The number of fused-ring (bicyclic) bond motifs is 2. The van der Waals surface area contributed by atoms with E-state index in [-0.39, 0.29) is 5.91 Å². The summed E-state index contributed by atoms with van der Waals surface area (Å²) in [6, 6.07) is 16.3. The fourth-order valence-electron chi connectivity index (χ4n) is 4.81. The Bertz CT molecular complexity index is 1600. The highest BCUT2D eigenvalue weighted by Gasteiger charge is 2.17. The molecule has 196 valence electrons. The van der Waals surface area contributed by atoms with E-state index in [1.165, 1.54) is 6.92 Å². The van der Waals surface area contributed by atoms with Crippen molar-refractivity contribution in [1.29, 1.82) is 0 Å². The molecule has 1 amide bonds. The normalized spacial score (nSPS) is 11.4. The first-order valence-electron chi connectivity index (χ1n) is 12.8. The molecule has 5 aromatic rings. The van der Waals surface area contributed by atoms with E-state index < -0.39 is 0 Å². The molecule has 0 spiro atoms. The first kappa shape index (κ1) is 25.3. The Morgan fingerprint density at radius 1 is 1.05 bits per heavy atom. The summed E-state index contributed by atoms with van der Waals surface area (Å²) in [7, 11) is 6.16. The number of hydrogen-bond donors (Lipinski definition) is 3. The first-order valence-corrected chi connectivity index (χ1v) is 12.8. The number of aryl methyl sites for hydroxylation is 1. The van der Waals surface area contributed by atoms with Crippen molar-refractivity contribution >= 4 is 50.9 Å². The summed E-state index contributed by atoms with van der Waals surface area (Å²) < 4.78 is 2.12. The molecule has 3 N–H and O–H groups in total. The van der Waals surface area contributed by atoms with Gasteiger partial charge in [-0.3, -0.25) is 4.79 Å². The van der Waals surface area contributed by atoms with Crippen LogP contribution in [0, 0.1) is 0 Å². The highest BCUT2D eigenvalue weighted by molar-refractivity contribution is 6.03. The molecular weight excluding hydrogens is 476 g/mol. The first-order chi connectivity index (χ1) is 18.3. The highest BCUT2D eigenvalue weighted by Crippen LogP contribution is 2.35. The lowest BCUT2D eigenvalue weighted by atomic mass is 10.1. The zero-order chi connectivity index (χ0) is 26.8. The molecule has 5 rings (SSSR count). The molecule has 2 aromatic carbocycles. The van der Waals surface area contributed by atoms with Gasteiger partial charge in [-0.1, -0.05) is 18.2 Å². The number of amides is 1. The summed E-state index contributed by atoms with van der Waals surface area (Å²) in [6.45, 7) is 6.23. The summed E-state index contributed by atoms with van der Waals surface area (Å²) in [5, 5.41) is 8.47. The molecule has 0 radical (unpaired) electrons. The Morgan fingerprint density at radius 2 is 1.87 bits per heavy atom. The summed E-state index contributed by atoms with van der Waals surface area (Å²) in [4.78, 5) is 29.4. The van der Waals surface area contributed by atoms with Crippen LogP contribution in [-0.2, 0) is 11.8 Å². The number of aromatic nitrogens is 4. The van der Waals surface area contributed by atoms with E-state index >= 15 is 0 Å². The summed E-state index contributed by atoms with van der Waals surface area (Å²) in [6.07, 6.45) is 3.99. The Balaban J connectivity index is 1.53. The number of para-hydroxylation sites is 1. The predicted molar refractivity (Wildman–Crippen MR) is 156 cm³/mol. The number of aromatic amines is 1. The highest BCUT2D eigenvalue weighted by atomic mass is 16.1. The van der Waals surface area contributed by atoms with Crippen LogP contribution in [0.25, 0.3) is 33.2 Å². The summed E-state index contributed by atoms with van der Waals surface area (Å²) in [5.41, 5.74) is 6.32. The molecule has 0 saturated carbocycles. The monoisotopic (exact) mass is 510 g/mol. The van der Waals surface area contributed by atoms with Crippen molar-refractivity contribution in [1.82, 2.24) is 24.4 Å². The van der Waals surface area contributed by atoms with Gasteiger partial charge in [-0.15, -0.1) is 0 Å². The molecule has 9 heteroatoms. The zero-order valence-corrected chi connectivity index (χ0v) is 22.5. The van der Waals surface area contributed by atoms with E-state index in [4.69, 9.17) is 9.97 Å². The molecule has 3 heterocycles. The fraction of sp³-hybridized carbons (Fsp3) is 0.276. The second-order valence-corrected chi connectivity index (χ2v) is 9.73. The average Bonchev–Trinajstić information content (AvgIpc) is 3.49. The quantitative estimate of drug-likeness (QED) is 0.252. The molecule has 0 saturated heterocycles. The molecule has 0 aliphatic heterocycles. The summed E-state index contributed by atoms with van der Waals surface area (Å²) >= 11 is 0. The number of carbonyl (C=O) groups excluding carboxylic acids is 1. The maximum atomic E-state index is 12.1. The van der Waals surface area contributed by atoms with Gasteiger partial charge in [-0.25, -0.2) is 4.98 Å². The van der Waals surface area contributed by atoms with Gasteiger partial charge in [0.1, 0.15) is 5.65 Å². The van der Waals surface area contributed by atoms with Gasteiger partial charge in [0.25, 0.3) is 0 Å². The fourth-order valence-corrected chi connectivity index (χ4v) is 4.81. The number of H-pyrrole nitrogens is 1. The number of anilines is 4. The molecular formula is C29H34N8O. The number of nitrogens with one attached hydrogen (secondary N) is 3. The molecule has 0 bridgehead atoms. The zero-order valence-electron chi connectivity index (χ0n) is 22.5. The Kier molecular flexibility index (Phi) is 7.02. The Hall–Kier alpha value is -4.37. The third-order valence-electron chi connectivity index (χ3n) is 6.67. The van der Waals surface area contributed by atoms with Crippen LogP contribution < -0.4 is 15.5 Å².